The molecule has 5 heteroatoms. The normalized spacial score (nSPS) is 25.9. The van der Waals surface area contributed by atoms with E-state index in [1.807, 2.05) is 13.0 Å². The molecule has 1 aliphatic carbocycles. The van der Waals surface area contributed by atoms with Crippen molar-refractivity contribution in [2.24, 2.45) is 4.99 Å². The molecule has 1 unspecified atom stereocenters. The monoisotopic (exact) mass is 327 g/mol. The van der Waals surface area contributed by atoms with Crippen molar-refractivity contribution in [3.05, 3.63) is 52.9 Å². The number of dihydropyridines is 1. The number of nitrogens with zero attached hydrogens (tertiary/aromatic N) is 1. The zero-order valence-corrected chi connectivity index (χ0v) is 13.7. The van der Waals surface area contributed by atoms with Crippen LogP contribution in [0.15, 0.2) is 40.9 Å². The lowest BCUT2D eigenvalue weighted by Gasteiger charge is -2.32. The summed E-state index contributed by atoms with van der Waals surface area (Å²) < 4.78 is 13.8. The highest BCUT2D eigenvalue weighted by Gasteiger charge is 2.31. The van der Waals surface area contributed by atoms with Crippen LogP contribution in [0.4, 0.5) is 4.39 Å². The minimum absolute atomic E-state index is 0.0534. The molecule has 4 nitrogen and oxygen atoms in total. The van der Waals surface area contributed by atoms with Crippen molar-refractivity contribution in [1.29, 1.82) is 5.41 Å². The molecule has 0 amide bonds. The predicted molar refractivity (Wildman–Crippen MR) is 94.5 cm³/mol. The van der Waals surface area contributed by atoms with Crippen LogP contribution in [0.25, 0.3) is 5.57 Å². The van der Waals surface area contributed by atoms with E-state index in [-0.39, 0.29) is 17.8 Å². The first kappa shape index (κ1) is 16.7. The Bertz CT molecular complexity index is 736. The number of rotatable bonds is 3. The van der Waals surface area contributed by atoms with E-state index in [4.69, 9.17) is 5.41 Å². The summed E-state index contributed by atoms with van der Waals surface area (Å²) in [6.07, 6.45) is 7.86. The molecule has 3 rings (SSSR count). The minimum Gasteiger partial charge on any atom is -0.316 e. The van der Waals surface area contributed by atoms with Gasteiger partial charge in [-0.3, -0.25) is 4.99 Å². The van der Waals surface area contributed by atoms with Gasteiger partial charge in [0, 0.05) is 18.5 Å². The van der Waals surface area contributed by atoms with E-state index in [1.165, 1.54) is 6.07 Å². The third-order valence-corrected chi connectivity index (χ3v) is 4.78. The van der Waals surface area contributed by atoms with Crippen LogP contribution in [-0.2, 0) is 0 Å². The lowest BCUT2D eigenvalue weighted by Crippen LogP contribution is -2.37. The first-order chi connectivity index (χ1) is 11.6. The molecule has 1 saturated carbocycles. The fourth-order valence-electron chi connectivity index (χ4n) is 3.63. The third kappa shape index (κ3) is 3.23. The molecule has 3 N–H and O–H groups in total. The van der Waals surface area contributed by atoms with E-state index in [1.54, 1.807) is 18.3 Å². The van der Waals surface area contributed by atoms with Crippen LogP contribution >= 0.6 is 0 Å². The van der Waals surface area contributed by atoms with E-state index in [2.05, 4.69) is 16.5 Å². The molecule has 1 aromatic carbocycles. The molecular weight excluding hydrogens is 305 g/mol. The van der Waals surface area contributed by atoms with Gasteiger partial charge in [-0.05, 0) is 66.5 Å². The number of aliphatic imine (C=N–C) groups is 1. The highest BCUT2D eigenvalue weighted by molar-refractivity contribution is 6.11. The fraction of sp³-hybridized carbons (Fsp3) is 0.368. The highest BCUT2D eigenvalue weighted by Crippen LogP contribution is 2.37. The molecule has 0 radical (unpaired) electrons. The Kier molecular flexibility index (Phi) is 5.02. The topological polar surface area (TPSA) is 68.5 Å². The van der Waals surface area contributed by atoms with Crippen LogP contribution in [0, 0.1) is 11.2 Å². The smallest absolute Gasteiger partial charge is 0.123 e. The van der Waals surface area contributed by atoms with Crippen molar-refractivity contribution in [3.63, 3.8) is 0 Å². The lowest BCUT2D eigenvalue weighted by atomic mass is 9.75. The van der Waals surface area contributed by atoms with Gasteiger partial charge in [-0.15, -0.1) is 0 Å². The average Bonchev–Trinajstić information content (AvgIpc) is 2.61. The van der Waals surface area contributed by atoms with Gasteiger partial charge in [0.15, 0.2) is 0 Å². The molecule has 1 aromatic rings. The van der Waals surface area contributed by atoms with Gasteiger partial charge in [-0.25, -0.2) is 4.39 Å². The van der Waals surface area contributed by atoms with Crippen molar-refractivity contribution >= 4 is 17.5 Å². The minimum atomic E-state index is -0.273. The summed E-state index contributed by atoms with van der Waals surface area (Å²) in [7, 11) is 0. The number of hydrogen-bond donors (Lipinski definition) is 3. The molecule has 2 atom stereocenters. The Morgan fingerprint density at radius 1 is 1.42 bits per heavy atom. The van der Waals surface area contributed by atoms with Crippen molar-refractivity contribution < 1.29 is 9.60 Å². The van der Waals surface area contributed by atoms with E-state index in [0.29, 0.717) is 18.6 Å². The summed E-state index contributed by atoms with van der Waals surface area (Å²) >= 11 is 0. The van der Waals surface area contributed by atoms with Gasteiger partial charge < -0.3 is 10.6 Å². The third-order valence-electron chi connectivity index (χ3n) is 4.78. The molecule has 1 heterocycles. The van der Waals surface area contributed by atoms with Gasteiger partial charge in [0.2, 0.25) is 0 Å². The number of hydrogen-bond acceptors (Lipinski definition) is 4. The van der Waals surface area contributed by atoms with Crippen LogP contribution in [0.3, 0.4) is 0 Å². The molecule has 1 fully saturated rings. The molecule has 0 spiro atoms. The molecule has 0 aromatic heterocycles. The Morgan fingerprint density at radius 2 is 2.25 bits per heavy atom. The Labute approximate surface area is 141 Å². The van der Waals surface area contributed by atoms with Crippen molar-refractivity contribution in [2.75, 3.05) is 6.54 Å². The first-order valence-corrected chi connectivity index (χ1v) is 8.27. The van der Waals surface area contributed by atoms with Gasteiger partial charge in [0.25, 0.3) is 0 Å². The number of nitrogens with one attached hydrogen (secondary N) is 2. The predicted octanol–water partition coefficient (Wildman–Crippen LogP) is 3.87. The molecule has 1 aliphatic heterocycles. The molecular formula is C19H22FN3O. The summed E-state index contributed by atoms with van der Waals surface area (Å²) in [6.45, 7) is 2.64. The fourth-order valence-corrected chi connectivity index (χ4v) is 3.63. The quantitative estimate of drug-likeness (QED) is 0.738. The molecule has 24 heavy (non-hydrogen) atoms. The zero-order valence-electron chi connectivity index (χ0n) is 13.7. The van der Waals surface area contributed by atoms with Crippen LogP contribution in [0.2, 0.25) is 0 Å². The van der Waals surface area contributed by atoms with Crippen molar-refractivity contribution in [2.45, 2.75) is 38.1 Å². The Morgan fingerprint density at radius 3 is 2.92 bits per heavy atom. The van der Waals surface area contributed by atoms with E-state index in [9.17, 15) is 9.60 Å². The molecule has 0 bridgehead atoms. The van der Waals surface area contributed by atoms with E-state index >= 15 is 0 Å². The van der Waals surface area contributed by atoms with Crippen LogP contribution in [0.5, 0.6) is 0 Å². The van der Waals surface area contributed by atoms with Gasteiger partial charge >= 0.3 is 0 Å². The van der Waals surface area contributed by atoms with E-state index in [0.717, 1.165) is 35.2 Å². The maximum atomic E-state index is 13.8. The summed E-state index contributed by atoms with van der Waals surface area (Å²) in [5.74, 6) is -0.219. The summed E-state index contributed by atoms with van der Waals surface area (Å²) in [4.78, 5) is 4.30. The van der Waals surface area contributed by atoms with Crippen molar-refractivity contribution in [3.8, 4) is 0 Å². The Hall–Kier alpha value is -2.11. The number of allylic oxidation sites excluding steroid dienone is 2. The summed E-state index contributed by atoms with van der Waals surface area (Å²) in [6, 6.07) is 4.55. The Balaban J connectivity index is 1.99. The second-order valence-corrected chi connectivity index (χ2v) is 6.26. The second-order valence-electron chi connectivity index (χ2n) is 6.26. The number of hydroxylamine groups is 1. The lowest BCUT2D eigenvalue weighted by molar-refractivity contribution is 0.132. The van der Waals surface area contributed by atoms with E-state index < -0.39 is 0 Å². The van der Waals surface area contributed by atoms with Crippen LogP contribution in [-0.4, -0.2) is 29.7 Å². The van der Waals surface area contributed by atoms with Crippen molar-refractivity contribution in [1.82, 2.24) is 5.48 Å². The standard InChI is InChI=1S/C19H22FN3O/c1-2-15-18(21)8-13(9-19(15)23-24)16-6-5-14(20)10-17(16)12-4-3-7-22-11-12/h2,4-6,10-11,13,19,21,23-24H,3,7-9H2,1H3/t13-,19?/m1/s1. The second kappa shape index (κ2) is 7.20. The molecule has 0 saturated heterocycles. The van der Waals surface area contributed by atoms with Gasteiger partial charge in [0.1, 0.15) is 5.82 Å². The summed E-state index contributed by atoms with van der Waals surface area (Å²) in [5, 5.41) is 17.7. The zero-order chi connectivity index (χ0) is 17.1. The van der Waals surface area contributed by atoms with Gasteiger partial charge in [0.05, 0.1) is 6.04 Å². The highest BCUT2D eigenvalue weighted by atomic mass is 19.1. The van der Waals surface area contributed by atoms with Crippen LogP contribution < -0.4 is 5.48 Å². The maximum Gasteiger partial charge on any atom is 0.123 e. The van der Waals surface area contributed by atoms with Gasteiger partial charge in [-0.2, -0.15) is 5.48 Å². The van der Waals surface area contributed by atoms with Crippen LogP contribution in [0.1, 0.15) is 43.2 Å². The first-order valence-electron chi connectivity index (χ1n) is 8.27. The SMILES string of the molecule is CC=C1C(=N)C[C@@H](c2ccc(F)cc2C2=CCCN=C2)CC1NO. The largest absolute Gasteiger partial charge is 0.316 e. The number of halogens is 1. The average molecular weight is 327 g/mol. The molecule has 2 aliphatic rings. The summed E-state index contributed by atoms with van der Waals surface area (Å²) in [5.41, 5.74) is 6.46. The maximum absolute atomic E-state index is 13.8. The molecule has 126 valence electrons. The van der Waals surface area contributed by atoms with Gasteiger partial charge in [-0.1, -0.05) is 18.2 Å². The number of benzene rings is 1.